The minimum absolute atomic E-state index is 0.804. The van der Waals surface area contributed by atoms with E-state index < -0.39 is 0 Å². The molecule has 2 aromatic rings. The van der Waals surface area contributed by atoms with E-state index in [4.69, 9.17) is 5.73 Å². The van der Waals surface area contributed by atoms with Crippen LogP contribution < -0.4 is 16.0 Å². The summed E-state index contributed by atoms with van der Waals surface area (Å²) in [4.78, 5) is 2.47. The number of nitrogens with two attached hydrogens (primary N) is 1. The minimum atomic E-state index is 0.804. The van der Waals surface area contributed by atoms with Crippen molar-refractivity contribution in [1.82, 2.24) is 0 Å². The molecule has 1 saturated heterocycles. The van der Waals surface area contributed by atoms with E-state index in [1.807, 2.05) is 18.2 Å². The predicted molar refractivity (Wildman–Crippen MR) is 91.4 cm³/mol. The number of anilines is 4. The van der Waals surface area contributed by atoms with Crippen molar-refractivity contribution in [3.8, 4) is 0 Å². The number of nitrogens with one attached hydrogen (secondary N) is 1. The topological polar surface area (TPSA) is 41.3 Å². The van der Waals surface area contributed by atoms with Crippen LogP contribution in [0.5, 0.6) is 0 Å². The Morgan fingerprint density at radius 3 is 2.33 bits per heavy atom. The molecule has 0 amide bonds. The molecule has 1 fully saturated rings. The summed E-state index contributed by atoms with van der Waals surface area (Å²) in [6.07, 6.45) is 3.99. The van der Waals surface area contributed by atoms with Crippen molar-refractivity contribution >= 4 is 22.7 Å². The van der Waals surface area contributed by atoms with E-state index >= 15 is 0 Å². The van der Waals surface area contributed by atoms with Crippen LogP contribution in [-0.2, 0) is 0 Å². The zero-order chi connectivity index (χ0) is 14.7. The zero-order valence-electron chi connectivity index (χ0n) is 12.6. The largest absolute Gasteiger partial charge is 0.399 e. The SMILES string of the molecule is Cc1cc(N)ccc1Nc1ccc(N2CCCCC2)cc1. The molecule has 3 heteroatoms. The second-order valence-corrected chi connectivity index (χ2v) is 5.79. The van der Waals surface area contributed by atoms with Gasteiger partial charge in [-0.15, -0.1) is 0 Å². The Hall–Kier alpha value is -2.16. The fraction of sp³-hybridized carbons (Fsp3) is 0.333. The van der Waals surface area contributed by atoms with Gasteiger partial charge in [0.15, 0.2) is 0 Å². The van der Waals surface area contributed by atoms with Gasteiger partial charge in [0.1, 0.15) is 0 Å². The average Bonchev–Trinajstić information content (AvgIpc) is 2.52. The molecule has 0 atom stereocenters. The van der Waals surface area contributed by atoms with E-state index in [2.05, 4.69) is 41.4 Å². The van der Waals surface area contributed by atoms with Crippen LogP contribution in [0.4, 0.5) is 22.7 Å². The van der Waals surface area contributed by atoms with Crippen LogP contribution >= 0.6 is 0 Å². The van der Waals surface area contributed by atoms with Gasteiger partial charge in [0.25, 0.3) is 0 Å². The van der Waals surface area contributed by atoms with Crippen LogP contribution in [0.25, 0.3) is 0 Å². The molecular weight excluding hydrogens is 258 g/mol. The molecule has 3 N–H and O–H groups in total. The fourth-order valence-corrected chi connectivity index (χ4v) is 2.89. The van der Waals surface area contributed by atoms with Crippen molar-refractivity contribution in [2.24, 2.45) is 0 Å². The van der Waals surface area contributed by atoms with Crippen LogP contribution in [0, 0.1) is 6.92 Å². The van der Waals surface area contributed by atoms with E-state index in [9.17, 15) is 0 Å². The van der Waals surface area contributed by atoms with Gasteiger partial charge in [-0.2, -0.15) is 0 Å². The van der Waals surface area contributed by atoms with Gasteiger partial charge in [0.2, 0.25) is 0 Å². The highest BCUT2D eigenvalue weighted by molar-refractivity contribution is 5.67. The predicted octanol–water partition coefficient (Wildman–Crippen LogP) is 4.31. The van der Waals surface area contributed by atoms with E-state index in [0.717, 1.165) is 22.6 Å². The molecule has 1 heterocycles. The summed E-state index contributed by atoms with van der Waals surface area (Å²) in [6, 6.07) is 14.7. The Kier molecular flexibility index (Phi) is 4.00. The van der Waals surface area contributed by atoms with Gasteiger partial charge >= 0.3 is 0 Å². The first-order valence-corrected chi connectivity index (χ1v) is 7.70. The van der Waals surface area contributed by atoms with Gasteiger partial charge in [-0.3, -0.25) is 0 Å². The Morgan fingerprint density at radius 1 is 0.952 bits per heavy atom. The lowest BCUT2D eigenvalue weighted by Gasteiger charge is -2.28. The third-order valence-electron chi connectivity index (χ3n) is 4.12. The lowest BCUT2D eigenvalue weighted by Crippen LogP contribution is -2.29. The molecule has 1 aliphatic rings. The monoisotopic (exact) mass is 281 g/mol. The highest BCUT2D eigenvalue weighted by Crippen LogP contribution is 2.25. The molecule has 0 bridgehead atoms. The summed E-state index contributed by atoms with van der Waals surface area (Å²) >= 11 is 0. The smallest absolute Gasteiger partial charge is 0.0415 e. The lowest BCUT2D eigenvalue weighted by molar-refractivity contribution is 0.578. The third-order valence-corrected chi connectivity index (χ3v) is 4.12. The standard InChI is InChI=1S/C18H23N3/c1-14-13-15(19)5-10-18(14)20-16-6-8-17(9-7-16)21-11-3-2-4-12-21/h5-10,13,20H,2-4,11-12,19H2,1H3. The molecule has 0 radical (unpaired) electrons. The van der Waals surface area contributed by atoms with Crippen LogP contribution in [0.3, 0.4) is 0 Å². The van der Waals surface area contributed by atoms with Crippen molar-refractivity contribution in [2.45, 2.75) is 26.2 Å². The number of piperidine rings is 1. The zero-order valence-corrected chi connectivity index (χ0v) is 12.6. The Labute approximate surface area is 126 Å². The van der Waals surface area contributed by atoms with Gasteiger partial charge in [-0.25, -0.2) is 0 Å². The molecule has 1 aliphatic heterocycles. The quantitative estimate of drug-likeness (QED) is 0.824. The van der Waals surface area contributed by atoms with E-state index in [-0.39, 0.29) is 0 Å². The number of nitrogens with zero attached hydrogens (tertiary/aromatic N) is 1. The molecule has 0 saturated carbocycles. The Bertz CT molecular complexity index is 598. The maximum atomic E-state index is 5.79. The molecule has 2 aromatic carbocycles. The first kappa shape index (κ1) is 13.8. The van der Waals surface area contributed by atoms with Crippen LogP contribution in [0.15, 0.2) is 42.5 Å². The van der Waals surface area contributed by atoms with Crippen molar-refractivity contribution in [1.29, 1.82) is 0 Å². The third kappa shape index (κ3) is 3.30. The lowest BCUT2D eigenvalue weighted by atomic mass is 10.1. The van der Waals surface area contributed by atoms with Crippen molar-refractivity contribution < 1.29 is 0 Å². The van der Waals surface area contributed by atoms with Crippen LogP contribution in [0.2, 0.25) is 0 Å². The molecule has 110 valence electrons. The second-order valence-electron chi connectivity index (χ2n) is 5.79. The number of hydrogen-bond acceptors (Lipinski definition) is 3. The van der Waals surface area contributed by atoms with Gasteiger partial charge in [0.05, 0.1) is 0 Å². The van der Waals surface area contributed by atoms with Crippen LogP contribution in [-0.4, -0.2) is 13.1 Å². The summed E-state index contributed by atoms with van der Waals surface area (Å²) < 4.78 is 0. The maximum absolute atomic E-state index is 5.79. The minimum Gasteiger partial charge on any atom is -0.399 e. The molecule has 0 aromatic heterocycles. The number of hydrogen-bond donors (Lipinski definition) is 2. The number of aryl methyl sites for hydroxylation is 1. The highest BCUT2D eigenvalue weighted by Gasteiger charge is 2.10. The van der Waals surface area contributed by atoms with Crippen LogP contribution in [0.1, 0.15) is 24.8 Å². The van der Waals surface area contributed by atoms with E-state index in [1.54, 1.807) is 0 Å². The summed E-state index contributed by atoms with van der Waals surface area (Å²) in [5, 5.41) is 3.46. The van der Waals surface area contributed by atoms with Crippen molar-refractivity contribution in [3.63, 3.8) is 0 Å². The summed E-state index contributed by atoms with van der Waals surface area (Å²) in [7, 11) is 0. The van der Waals surface area contributed by atoms with Gasteiger partial charge in [-0.1, -0.05) is 0 Å². The normalized spacial score (nSPS) is 15.0. The second kappa shape index (κ2) is 6.08. The molecule has 0 unspecified atom stereocenters. The summed E-state index contributed by atoms with van der Waals surface area (Å²) in [6.45, 7) is 4.44. The molecular formula is C18H23N3. The molecule has 3 nitrogen and oxygen atoms in total. The van der Waals surface area contributed by atoms with Gasteiger partial charge in [-0.05, 0) is 74.2 Å². The summed E-state index contributed by atoms with van der Waals surface area (Å²) in [5.41, 5.74) is 11.3. The Morgan fingerprint density at radius 2 is 1.67 bits per heavy atom. The first-order valence-electron chi connectivity index (χ1n) is 7.70. The summed E-state index contributed by atoms with van der Waals surface area (Å²) in [5.74, 6) is 0. The molecule has 0 aliphatic carbocycles. The van der Waals surface area contributed by atoms with Gasteiger partial charge < -0.3 is 16.0 Å². The Balaban J connectivity index is 1.71. The van der Waals surface area contributed by atoms with E-state index in [1.165, 1.54) is 38.0 Å². The average molecular weight is 281 g/mol. The van der Waals surface area contributed by atoms with E-state index in [0.29, 0.717) is 0 Å². The van der Waals surface area contributed by atoms with Gasteiger partial charge in [0, 0.05) is 35.8 Å². The number of benzene rings is 2. The number of nitrogen functional groups attached to an aromatic ring is 1. The first-order chi connectivity index (χ1) is 10.2. The fourth-order valence-electron chi connectivity index (χ4n) is 2.89. The number of rotatable bonds is 3. The van der Waals surface area contributed by atoms with Crippen molar-refractivity contribution in [3.05, 3.63) is 48.0 Å². The molecule has 21 heavy (non-hydrogen) atoms. The molecule has 3 rings (SSSR count). The highest BCUT2D eigenvalue weighted by atomic mass is 15.1. The maximum Gasteiger partial charge on any atom is 0.0415 e. The molecule has 0 spiro atoms. The van der Waals surface area contributed by atoms with Crippen molar-refractivity contribution in [2.75, 3.05) is 29.0 Å².